The van der Waals surface area contributed by atoms with Gasteiger partial charge in [-0.3, -0.25) is 0 Å². The van der Waals surface area contributed by atoms with Crippen molar-refractivity contribution in [1.29, 1.82) is 0 Å². The molecule has 8 heteroatoms. The molecule has 1 aliphatic rings. The molecular weight excluding hydrogens is 475 g/mol. The molecule has 0 spiro atoms. The maximum absolute atomic E-state index is 13.0. The Morgan fingerprint density at radius 2 is 1.71 bits per heavy atom. The molecule has 1 unspecified atom stereocenters. The van der Waals surface area contributed by atoms with Crippen LogP contribution in [0.3, 0.4) is 0 Å². The third-order valence-electron chi connectivity index (χ3n) is 5.28. The van der Waals surface area contributed by atoms with E-state index in [0.29, 0.717) is 32.6 Å². The van der Waals surface area contributed by atoms with Crippen molar-refractivity contribution in [1.82, 2.24) is 10.6 Å². The molecule has 174 valence electrons. The second kappa shape index (κ2) is 10.6. The molecular formula is C26H22Cl2N2O4. The topological polar surface area (TPSA) is 76.7 Å². The van der Waals surface area contributed by atoms with Gasteiger partial charge in [0.05, 0.1) is 21.7 Å². The summed E-state index contributed by atoms with van der Waals surface area (Å²) in [6, 6.07) is 20.8. The highest BCUT2D eigenvalue weighted by Gasteiger charge is 2.32. The molecule has 2 N–H and O–H groups in total. The van der Waals surface area contributed by atoms with E-state index < -0.39 is 18.0 Å². The number of allylic oxidation sites excluding steroid dienone is 1. The monoisotopic (exact) mass is 496 g/mol. The molecule has 0 saturated heterocycles. The second-order valence-corrected chi connectivity index (χ2v) is 8.56. The number of carbonyl (C=O) groups is 2. The number of rotatable bonds is 7. The van der Waals surface area contributed by atoms with E-state index in [1.165, 1.54) is 0 Å². The summed E-state index contributed by atoms with van der Waals surface area (Å²) < 4.78 is 11.4. The lowest BCUT2D eigenvalue weighted by molar-refractivity contribution is -0.140. The number of nitrogens with one attached hydrogen (secondary N) is 2. The van der Waals surface area contributed by atoms with Gasteiger partial charge in [0.25, 0.3) is 0 Å². The van der Waals surface area contributed by atoms with Gasteiger partial charge in [0.15, 0.2) is 0 Å². The van der Waals surface area contributed by atoms with Crippen LogP contribution < -0.4 is 15.4 Å². The zero-order valence-corrected chi connectivity index (χ0v) is 19.8. The molecule has 0 radical (unpaired) electrons. The SMILES string of the molecule is CC1=C(C(=O)OCc2ccccc2)C(c2cccc(OCc3ccc(Cl)c(Cl)c3)c2)NC(=O)N1. The first-order valence-electron chi connectivity index (χ1n) is 10.6. The molecule has 3 aromatic rings. The second-order valence-electron chi connectivity index (χ2n) is 7.74. The molecule has 2 amide bonds. The van der Waals surface area contributed by atoms with Gasteiger partial charge in [0.2, 0.25) is 0 Å². The molecule has 0 aliphatic carbocycles. The highest BCUT2D eigenvalue weighted by molar-refractivity contribution is 6.42. The minimum atomic E-state index is -0.689. The van der Waals surface area contributed by atoms with E-state index >= 15 is 0 Å². The number of esters is 1. The lowest BCUT2D eigenvalue weighted by atomic mass is 9.95. The number of amides is 2. The minimum Gasteiger partial charge on any atom is -0.489 e. The van der Waals surface area contributed by atoms with E-state index in [2.05, 4.69) is 10.6 Å². The highest BCUT2D eigenvalue weighted by atomic mass is 35.5. The van der Waals surface area contributed by atoms with Crippen molar-refractivity contribution < 1.29 is 19.1 Å². The van der Waals surface area contributed by atoms with E-state index in [0.717, 1.165) is 11.1 Å². The van der Waals surface area contributed by atoms with Crippen molar-refractivity contribution in [3.63, 3.8) is 0 Å². The summed E-state index contributed by atoms with van der Waals surface area (Å²) in [7, 11) is 0. The van der Waals surface area contributed by atoms with Gasteiger partial charge in [-0.1, -0.05) is 71.7 Å². The summed E-state index contributed by atoms with van der Waals surface area (Å²) in [6.07, 6.45) is 0. The van der Waals surface area contributed by atoms with E-state index in [9.17, 15) is 9.59 Å². The van der Waals surface area contributed by atoms with Crippen LogP contribution in [0.25, 0.3) is 0 Å². The van der Waals surface area contributed by atoms with Crippen LogP contribution in [0.5, 0.6) is 5.75 Å². The van der Waals surface area contributed by atoms with Gasteiger partial charge in [-0.05, 0) is 47.9 Å². The summed E-state index contributed by atoms with van der Waals surface area (Å²) in [5.74, 6) is 0.0620. The Balaban J connectivity index is 1.52. The first-order valence-corrected chi connectivity index (χ1v) is 11.3. The first kappa shape index (κ1) is 23.7. The predicted octanol–water partition coefficient (Wildman–Crippen LogP) is 5.94. The van der Waals surface area contributed by atoms with Crippen molar-refractivity contribution >= 4 is 35.2 Å². The Kier molecular flexibility index (Phi) is 7.40. The molecule has 1 heterocycles. The van der Waals surface area contributed by atoms with Crippen LogP contribution in [0.2, 0.25) is 10.0 Å². The zero-order chi connectivity index (χ0) is 24.1. The third kappa shape index (κ3) is 5.71. The average Bonchev–Trinajstić information content (AvgIpc) is 2.83. The van der Waals surface area contributed by atoms with Gasteiger partial charge < -0.3 is 20.1 Å². The maximum atomic E-state index is 13.0. The Morgan fingerprint density at radius 3 is 2.47 bits per heavy atom. The normalized spacial score (nSPS) is 15.4. The maximum Gasteiger partial charge on any atom is 0.338 e. The number of urea groups is 1. The molecule has 0 fully saturated rings. The summed E-state index contributed by atoms with van der Waals surface area (Å²) in [5.41, 5.74) is 3.19. The van der Waals surface area contributed by atoms with Crippen LogP contribution in [-0.2, 0) is 22.7 Å². The summed E-state index contributed by atoms with van der Waals surface area (Å²) in [5, 5.41) is 6.39. The Hall–Kier alpha value is -3.48. The predicted molar refractivity (Wildman–Crippen MR) is 131 cm³/mol. The molecule has 4 rings (SSSR count). The van der Waals surface area contributed by atoms with Gasteiger partial charge in [-0.25, -0.2) is 9.59 Å². The van der Waals surface area contributed by atoms with Crippen molar-refractivity contribution in [3.8, 4) is 5.75 Å². The van der Waals surface area contributed by atoms with Gasteiger partial charge in [-0.15, -0.1) is 0 Å². The minimum absolute atomic E-state index is 0.129. The zero-order valence-electron chi connectivity index (χ0n) is 18.3. The van der Waals surface area contributed by atoms with Crippen LogP contribution in [0.15, 0.2) is 84.1 Å². The molecule has 0 saturated carbocycles. The Morgan fingerprint density at radius 1 is 0.912 bits per heavy atom. The lowest BCUT2D eigenvalue weighted by Crippen LogP contribution is -2.45. The van der Waals surface area contributed by atoms with E-state index in [1.807, 2.05) is 42.5 Å². The molecule has 6 nitrogen and oxygen atoms in total. The largest absolute Gasteiger partial charge is 0.489 e. The van der Waals surface area contributed by atoms with Crippen LogP contribution in [0.1, 0.15) is 29.7 Å². The molecule has 1 aliphatic heterocycles. The van der Waals surface area contributed by atoms with Crippen LogP contribution in [0, 0.1) is 0 Å². The van der Waals surface area contributed by atoms with Gasteiger partial charge in [0, 0.05) is 5.70 Å². The standard InChI is InChI=1S/C26H22Cl2N2O4/c1-16-23(25(31)34-14-17-6-3-2-4-7-17)24(30-26(32)29-16)19-8-5-9-20(13-19)33-15-18-10-11-21(27)22(28)12-18/h2-13,24H,14-15H2,1H3,(H2,29,30,32). The van der Waals surface area contributed by atoms with Crippen molar-refractivity contribution in [3.05, 3.63) is 111 Å². The summed E-state index contributed by atoms with van der Waals surface area (Å²) >= 11 is 12.0. The summed E-state index contributed by atoms with van der Waals surface area (Å²) in [6.45, 7) is 2.08. The van der Waals surface area contributed by atoms with Crippen LogP contribution in [0.4, 0.5) is 4.79 Å². The molecule has 3 aromatic carbocycles. The van der Waals surface area contributed by atoms with Crippen molar-refractivity contribution in [2.24, 2.45) is 0 Å². The fraction of sp³-hybridized carbons (Fsp3) is 0.154. The quantitative estimate of drug-likeness (QED) is 0.396. The molecule has 1 atom stereocenters. The Bertz CT molecular complexity index is 1240. The Labute approximate surface area is 207 Å². The van der Waals surface area contributed by atoms with E-state index in [4.69, 9.17) is 32.7 Å². The van der Waals surface area contributed by atoms with E-state index in [-0.39, 0.29) is 13.2 Å². The number of ether oxygens (including phenoxy) is 2. The fourth-order valence-corrected chi connectivity index (χ4v) is 3.92. The number of carbonyl (C=O) groups excluding carboxylic acids is 2. The van der Waals surface area contributed by atoms with Gasteiger partial charge >= 0.3 is 12.0 Å². The lowest BCUT2D eigenvalue weighted by Gasteiger charge is -2.28. The van der Waals surface area contributed by atoms with Gasteiger partial charge in [-0.2, -0.15) is 0 Å². The van der Waals surface area contributed by atoms with Gasteiger partial charge in [0.1, 0.15) is 19.0 Å². The summed E-state index contributed by atoms with van der Waals surface area (Å²) in [4.78, 5) is 25.2. The van der Waals surface area contributed by atoms with E-state index in [1.54, 1.807) is 37.3 Å². The molecule has 34 heavy (non-hydrogen) atoms. The smallest absolute Gasteiger partial charge is 0.338 e. The highest BCUT2D eigenvalue weighted by Crippen LogP contribution is 2.30. The number of hydrogen-bond acceptors (Lipinski definition) is 4. The van der Waals surface area contributed by atoms with Crippen molar-refractivity contribution in [2.75, 3.05) is 0 Å². The third-order valence-corrected chi connectivity index (χ3v) is 6.02. The molecule has 0 aromatic heterocycles. The number of hydrogen-bond donors (Lipinski definition) is 2. The van der Waals surface area contributed by atoms with Crippen molar-refractivity contribution in [2.45, 2.75) is 26.2 Å². The fourth-order valence-electron chi connectivity index (χ4n) is 3.60. The number of benzene rings is 3. The first-order chi connectivity index (χ1) is 16.4. The number of halogens is 2. The average molecular weight is 497 g/mol. The van der Waals surface area contributed by atoms with Crippen LogP contribution >= 0.6 is 23.2 Å². The van der Waals surface area contributed by atoms with Crippen LogP contribution in [-0.4, -0.2) is 12.0 Å². The molecule has 0 bridgehead atoms.